The van der Waals surface area contributed by atoms with Crippen molar-refractivity contribution >= 4 is 28.7 Å². The molecule has 0 spiro atoms. The Kier molecular flexibility index (Phi) is 4.57. The van der Waals surface area contributed by atoms with Crippen LogP contribution in [0.4, 0.5) is 11.4 Å². The lowest BCUT2D eigenvalue weighted by Crippen LogP contribution is -2.10. The number of ether oxygens (including phenoxy) is 1. The summed E-state index contributed by atoms with van der Waals surface area (Å²) < 4.78 is 5.03. The molecule has 2 aromatic rings. The fraction of sp³-hybridized carbons (Fsp3) is 0.286. The van der Waals surface area contributed by atoms with E-state index in [1.165, 1.54) is 0 Å². The average Bonchev–Trinajstić information content (AvgIpc) is 2.83. The van der Waals surface area contributed by atoms with E-state index in [0.29, 0.717) is 30.1 Å². The van der Waals surface area contributed by atoms with Gasteiger partial charge in [-0.1, -0.05) is 0 Å². The van der Waals surface area contributed by atoms with Crippen LogP contribution < -0.4 is 11.1 Å². The van der Waals surface area contributed by atoms with Gasteiger partial charge in [0.1, 0.15) is 5.01 Å². The summed E-state index contributed by atoms with van der Waals surface area (Å²) in [5, 5.41) is 4.17. The normalized spacial score (nSPS) is 10.3. The first kappa shape index (κ1) is 14.3. The Hall–Kier alpha value is -2.08. The van der Waals surface area contributed by atoms with Gasteiger partial charge in [0.25, 0.3) is 0 Å². The van der Waals surface area contributed by atoms with Gasteiger partial charge in [0, 0.05) is 22.4 Å². The van der Waals surface area contributed by atoms with E-state index in [-0.39, 0.29) is 5.97 Å². The third kappa shape index (κ3) is 3.48. The number of aromatic nitrogens is 1. The highest BCUT2D eigenvalue weighted by atomic mass is 32.1. The van der Waals surface area contributed by atoms with Crippen molar-refractivity contribution in [3.63, 3.8) is 0 Å². The number of hydrogen-bond acceptors (Lipinski definition) is 6. The number of thiazole rings is 1. The number of anilines is 2. The summed E-state index contributed by atoms with van der Waals surface area (Å²) in [5.74, 6) is -0.377. The van der Waals surface area contributed by atoms with Crippen molar-refractivity contribution in [2.75, 3.05) is 17.7 Å². The highest BCUT2D eigenvalue weighted by Gasteiger charge is 2.13. The van der Waals surface area contributed by atoms with Crippen LogP contribution in [-0.2, 0) is 11.3 Å². The third-order valence-electron chi connectivity index (χ3n) is 2.64. The van der Waals surface area contributed by atoms with Gasteiger partial charge >= 0.3 is 5.97 Å². The lowest BCUT2D eigenvalue weighted by molar-refractivity contribution is 0.0527. The molecule has 0 atom stereocenters. The monoisotopic (exact) mass is 291 g/mol. The summed E-state index contributed by atoms with van der Waals surface area (Å²) in [6.07, 6.45) is 1.83. The topological polar surface area (TPSA) is 77.2 Å². The first-order valence-corrected chi connectivity index (χ1v) is 7.13. The number of nitrogens with one attached hydrogen (secondary N) is 1. The molecule has 0 amide bonds. The number of carbonyl (C=O) groups excluding carboxylic acids is 1. The van der Waals surface area contributed by atoms with Gasteiger partial charge in [0.15, 0.2) is 0 Å². The van der Waals surface area contributed by atoms with Crippen molar-refractivity contribution in [3.8, 4) is 0 Å². The molecule has 0 unspecified atom stereocenters. The minimum absolute atomic E-state index is 0.332. The number of hydrogen-bond donors (Lipinski definition) is 2. The second kappa shape index (κ2) is 6.38. The second-order valence-corrected chi connectivity index (χ2v) is 5.56. The molecule has 1 aromatic carbocycles. The predicted molar refractivity (Wildman–Crippen MR) is 81.0 cm³/mol. The maximum absolute atomic E-state index is 11.9. The highest BCUT2D eigenvalue weighted by Crippen LogP contribution is 2.21. The van der Waals surface area contributed by atoms with E-state index in [4.69, 9.17) is 10.5 Å². The molecule has 1 heterocycles. The summed E-state index contributed by atoms with van der Waals surface area (Å²) in [6, 6.07) is 5.15. The number of nitrogens with two attached hydrogens (primary N) is 1. The largest absolute Gasteiger partial charge is 0.462 e. The van der Waals surface area contributed by atoms with Crippen molar-refractivity contribution in [2.45, 2.75) is 20.4 Å². The number of nitrogens with zero attached hydrogens (tertiary/aromatic N) is 1. The Balaban J connectivity index is 2.16. The minimum atomic E-state index is -0.377. The van der Waals surface area contributed by atoms with Crippen LogP contribution in [0.2, 0.25) is 0 Å². The smallest absolute Gasteiger partial charge is 0.340 e. The molecule has 6 heteroatoms. The van der Waals surface area contributed by atoms with Crippen molar-refractivity contribution in [3.05, 3.63) is 39.8 Å². The Morgan fingerprint density at radius 3 is 2.95 bits per heavy atom. The van der Waals surface area contributed by atoms with Crippen LogP contribution in [0, 0.1) is 6.92 Å². The molecule has 2 rings (SSSR count). The fourth-order valence-electron chi connectivity index (χ4n) is 1.75. The molecule has 3 N–H and O–H groups in total. The average molecular weight is 291 g/mol. The zero-order chi connectivity index (χ0) is 14.5. The summed E-state index contributed by atoms with van der Waals surface area (Å²) >= 11 is 1.62. The molecule has 106 valence electrons. The van der Waals surface area contributed by atoms with Crippen LogP contribution >= 0.6 is 11.3 Å². The Labute approximate surface area is 121 Å². The lowest BCUT2D eigenvalue weighted by Gasteiger charge is -2.11. The predicted octanol–water partition coefficient (Wildman–Crippen LogP) is 2.82. The van der Waals surface area contributed by atoms with Crippen LogP contribution in [0.5, 0.6) is 0 Å². The van der Waals surface area contributed by atoms with E-state index in [2.05, 4.69) is 10.3 Å². The zero-order valence-corrected chi connectivity index (χ0v) is 12.3. The van der Waals surface area contributed by atoms with E-state index in [1.54, 1.807) is 36.5 Å². The maximum Gasteiger partial charge on any atom is 0.340 e. The van der Waals surface area contributed by atoms with E-state index in [9.17, 15) is 4.79 Å². The van der Waals surface area contributed by atoms with Crippen LogP contribution in [0.3, 0.4) is 0 Å². The molecule has 0 radical (unpaired) electrons. The summed E-state index contributed by atoms with van der Waals surface area (Å²) in [4.78, 5) is 17.3. The number of esters is 1. The lowest BCUT2D eigenvalue weighted by atomic mass is 10.1. The molecule has 0 bridgehead atoms. The van der Waals surface area contributed by atoms with Crippen LogP contribution in [0.1, 0.15) is 27.2 Å². The molecule has 1 aromatic heterocycles. The van der Waals surface area contributed by atoms with E-state index in [0.717, 1.165) is 9.88 Å². The number of aryl methyl sites for hydroxylation is 1. The minimum Gasteiger partial charge on any atom is -0.462 e. The van der Waals surface area contributed by atoms with Crippen molar-refractivity contribution in [1.82, 2.24) is 4.98 Å². The van der Waals surface area contributed by atoms with Gasteiger partial charge < -0.3 is 15.8 Å². The molecule has 0 aliphatic rings. The summed E-state index contributed by atoms with van der Waals surface area (Å²) in [7, 11) is 0. The Morgan fingerprint density at radius 2 is 2.30 bits per heavy atom. The van der Waals surface area contributed by atoms with Gasteiger partial charge in [-0.2, -0.15) is 0 Å². The quantitative estimate of drug-likeness (QED) is 0.654. The molecular formula is C14H17N3O2S. The second-order valence-electron chi connectivity index (χ2n) is 4.24. The Morgan fingerprint density at radius 1 is 1.50 bits per heavy atom. The summed E-state index contributed by atoms with van der Waals surface area (Å²) in [6.45, 7) is 4.68. The number of benzene rings is 1. The first-order chi connectivity index (χ1) is 9.60. The van der Waals surface area contributed by atoms with Crippen molar-refractivity contribution < 1.29 is 9.53 Å². The maximum atomic E-state index is 11.9. The molecule has 0 aliphatic carbocycles. The van der Waals surface area contributed by atoms with Crippen molar-refractivity contribution in [2.24, 2.45) is 0 Å². The zero-order valence-electron chi connectivity index (χ0n) is 11.5. The van der Waals surface area contributed by atoms with Gasteiger partial charge in [0.05, 0.1) is 18.7 Å². The van der Waals surface area contributed by atoms with Crippen LogP contribution in [0.15, 0.2) is 24.4 Å². The summed E-state index contributed by atoms with van der Waals surface area (Å²) in [5.41, 5.74) is 7.40. The number of carbonyl (C=O) groups is 1. The third-order valence-corrected chi connectivity index (χ3v) is 3.55. The first-order valence-electron chi connectivity index (χ1n) is 6.32. The molecule has 0 aliphatic heterocycles. The van der Waals surface area contributed by atoms with Gasteiger partial charge in [-0.05, 0) is 32.0 Å². The standard InChI is InChI=1S/C14H17N3O2S/c1-3-19-14(18)11-6-10(15)4-5-12(11)16-8-13-17-7-9(2)20-13/h4-7,16H,3,8,15H2,1-2H3. The number of nitrogen functional groups attached to an aromatic ring is 1. The van der Waals surface area contributed by atoms with Gasteiger partial charge in [-0.15, -0.1) is 11.3 Å². The SMILES string of the molecule is CCOC(=O)c1cc(N)ccc1NCc1ncc(C)s1. The van der Waals surface area contributed by atoms with E-state index >= 15 is 0 Å². The molecule has 5 nitrogen and oxygen atoms in total. The molecule has 0 saturated carbocycles. The molecular weight excluding hydrogens is 274 g/mol. The van der Waals surface area contributed by atoms with E-state index in [1.807, 2.05) is 13.1 Å². The van der Waals surface area contributed by atoms with Crippen LogP contribution in [0.25, 0.3) is 0 Å². The van der Waals surface area contributed by atoms with Crippen molar-refractivity contribution in [1.29, 1.82) is 0 Å². The van der Waals surface area contributed by atoms with Gasteiger partial charge in [-0.3, -0.25) is 0 Å². The molecule has 20 heavy (non-hydrogen) atoms. The number of rotatable bonds is 5. The van der Waals surface area contributed by atoms with E-state index < -0.39 is 0 Å². The fourth-order valence-corrected chi connectivity index (χ4v) is 2.47. The highest BCUT2D eigenvalue weighted by molar-refractivity contribution is 7.11. The Bertz CT molecular complexity index is 610. The molecule has 0 fully saturated rings. The van der Waals surface area contributed by atoms with Crippen LogP contribution in [-0.4, -0.2) is 17.6 Å². The van der Waals surface area contributed by atoms with Gasteiger partial charge in [0.2, 0.25) is 0 Å². The van der Waals surface area contributed by atoms with Gasteiger partial charge in [-0.25, -0.2) is 9.78 Å². The molecule has 0 saturated heterocycles.